The van der Waals surface area contributed by atoms with Crippen LogP contribution in [0.25, 0.3) is 11.3 Å². The molecule has 0 amide bonds. The van der Waals surface area contributed by atoms with E-state index in [9.17, 15) is 10.2 Å². The molecule has 0 aliphatic carbocycles. The molecule has 10 heteroatoms. The largest absolute Gasteiger partial charge is 0.507 e. The number of nitrogens with zero attached hydrogens (tertiary/aromatic N) is 7. The van der Waals surface area contributed by atoms with Gasteiger partial charge in [-0.3, -0.25) is 4.90 Å². The fraction of sp³-hybridized carbons (Fsp3) is 0.467. The standard InChI is InChI=1S/C30H36N8O2/c1-20-11-14-36(26-19-25(34-35-30(26)31)24-5-2-3-6-27(24)40)15-16-37(20)29-10-12-32-28(33-29)7-4-13-38-21-8-9-22(38)18-23(39)17-21/h2-3,5-6,10,12,19-23,39-40H,8-9,11,13-18H2,1H3,(H2,31,35)/t20-,21?,22?,23?/m1/s1. The molecular formula is C30H36N8O2. The second-order valence-electron chi connectivity index (χ2n) is 11.1. The van der Waals surface area contributed by atoms with Gasteiger partial charge in [-0.25, -0.2) is 9.97 Å². The Morgan fingerprint density at radius 1 is 1.02 bits per heavy atom. The molecule has 3 atom stereocenters. The normalized spacial score (nSPS) is 24.9. The van der Waals surface area contributed by atoms with Crippen molar-refractivity contribution in [2.75, 3.05) is 41.7 Å². The molecule has 0 spiro atoms. The minimum absolute atomic E-state index is 0.160. The number of nitrogens with two attached hydrogens (primary N) is 1. The highest BCUT2D eigenvalue weighted by Crippen LogP contribution is 2.35. The molecule has 3 aliphatic rings. The number of aliphatic hydroxyl groups excluding tert-OH is 1. The SMILES string of the molecule is C[C@@H]1CCN(c2cc(-c3ccccc3O)nnc2N)CCN1c1ccnc(C#CCN2C3CCC2CC(O)C3)n1. The first-order valence-electron chi connectivity index (χ1n) is 14.1. The number of hydrogen-bond donors (Lipinski definition) is 3. The average Bonchev–Trinajstić information content (AvgIpc) is 3.09. The lowest BCUT2D eigenvalue weighted by atomic mass is 10.0. The lowest BCUT2D eigenvalue weighted by Crippen LogP contribution is -2.44. The van der Waals surface area contributed by atoms with Gasteiger partial charge >= 0.3 is 0 Å². The van der Waals surface area contributed by atoms with Crippen LogP contribution in [0, 0.1) is 11.8 Å². The lowest BCUT2D eigenvalue weighted by molar-refractivity contribution is 0.0432. The predicted octanol–water partition coefficient (Wildman–Crippen LogP) is 2.67. The Bertz CT molecular complexity index is 1410. The zero-order chi connectivity index (χ0) is 27.6. The quantitative estimate of drug-likeness (QED) is 0.425. The van der Waals surface area contributed by atoms with Gasteiger partial charge in [0, 0.05) is 49.5 Å². The molecule has 4 N–H and O–H groups in total. The van der Waals surface area contributed by atoms with Crippen molar-refractivity contribution in [2.24, 2.45) is 0 Å². The van der Waals surface area contributed by atoms with Gasteiger partial charge in [0.05, 0.1) is 24.0 Å². The van der Waals surface area contributed by atoms with E-state index < -0.39 is 0 Å². The molecule has 3 aromatic rings. The van der Waals surface area contributed by atoms with E-state index in [2.05, 4.69) is 48.6 Å². The molecule has 10 nitrogen and oxygen atoms in total. The summed E-state index contributed by atoms with van der Waals surface area (Å²) in [5, 5.41) is 28.8. The third-order valence-electron chi connectivity index (χ3n) is 8.54. The molecule has 3 saturated heterocycles. The maximum Gasteiger partial charge on any atom is 0.206 e. The minimum atomic E-state index is -0.168. The van der Waals surface area contributed by atoms with Crippen molar-refractivity contribution >= 4 is 17.3 Å². The van der Waals surface area contributed by atoms with Gasteiger partial charge in [0.2, 0.25) is 5.82 Å². The van der Waals surface area contributed by atoms with E-state index in [1.54, 1.807) is 18.3 Å². The molecule has 0 saturated carbocycles. The second-order valence-corrected chi connectivity index (χ2v) is 11.1. The average molecular weight is 541 g/mol. The second kappa shape index (κ2) is 11.3. The van der Waals surface area contributed by atoms with Crippen LogP contribution >= 0.6 is 0 Å². The molecule has 1 aromatic carbocycles. The predicted molar refractivity (Wildman–Crippen MR) is 155 cm³/mol. The van der Waals surface area contributed by atoms with Crippen molar-refractivity contribution in [3.8, 4) is 28.8 Å². The van der Waals surface area contributed by atoms with Crippen molar-refractivity contribution in [3.63, 3.8) is 0 Å². The summed E-state index contributed by atoms with van der Waals surface area (Å²) >= 11 is 0. The first kappa shape index (κ1) is 26.3. The van der Waals surface area contributed by atoms with E-state index in [4.69, 9.17) is 10.7 Å². The van der Waals surface area contributed by atoms with Crippen LogP contribution in [-0.4, -0.2) is 85.7 Å². The van der Waals surface area contributed by atoms with Gasteiger partial charge in [0.1, 0.15) is 11.6 Å². The number of rotatable bonds is 4. The van der Waals surface area contributed by atoms with E-state index in [1.165, 1.54) is 0 Å². The van der Waals surface area contributed by atoms with Crippen LogP contribution in [0.15, 0.2) is 42.6 Å². The summed E-state index contributed by atoms with van der Waals surface area (Å²) < 4.78 is 0. The molecule has 208 valence electrons. The Kier molecular flexibility index (Phi) is 7.41. The summed E-state index contributed by atoms with van der Waals surface area (Å²) in [7, 11) is 0. The summed E-state index contributed by atoms with van der Waals surface area (Å²) in [6, 6.07) is 12.1. The number of phenolic OH excluding ortho intramolecular Hbond substituents is 1. The monoisotopic (exact) mass is 540 g/mol. The van der Waals surface area contributed by atoms with E-state index in [1.807, 2.05) is 24.3 Å². The third-order valence-corrected chi connectivity index (χ3v) is 8.54. The molecule has 5 heterocycles. The number of aliphatic hydroxyl groups is 1. The topological polar surface area (TPSA) is 128 Å². The van der Waals surface area contributed by atoms with Gasteiger partial charge in [0.15, 0.2) is 5.82 Å². The van der Waals surface area contributed by atoms with Gasteiger partial charge in [-0.05, 0) is 69.2 Å². The number of phenols is 1. The molecule has 0 radical (unpaired) electrons. The van der Waals surface area contributed by atoms with E-state index >= 15 is 0 Å². The van der Waals surface area contributed by atoms with E-state index in [0.29, 0.717) is 41.5 Å². The summed E-state index contributed by atoms with van der Waals surface area (Å²) in [5.74, 6) is 8.41. The van der Waals surface area contributed by atoms with Crippen molar-refractivity contribution in [1.29, 1.82) is 0 Å². The fourth-order valence-electron chi connectivity index (χ4n) is 6.39. The Balaban J connectivity index is 1.15. The van der Waals surface area contributed by atoms with Crippen molar-refractivity contribution in [2.45, 2.75) is 63.3 Å². The van der Waals surface area contributed by atoms with Gasteiger partial charge in [0.25, 0.3) is 0 Å². The molecule has 3 aliphatic heterocycles. The van der Waals surface area contributed by atoms with Crippen LogP contribution in [0.3, 0.4) is 0 Å². The van der Waals surface area contributed by atoms with Crippen LogP contribution < -0.4 is 15.5 Å². The van der Waals surface area contributed by atoms with Crippen molar-refractivity contribution < 1.29 is 10.2 Å². The Labute approximate surface area is 234 Å². The zero-order valence-electron chi connectivity index (χ0n) is 22.8. The molecule has 2 aromatic heterocycles. The minimum Gasteiger partial charge on any atom is -0.507 e. The maximum atomic E-state index is 10.3. The van der Waals surface area contributed by atoms with Gasteiger partial charge in [-0.1, -0.05) is 18.1 Å². The highest BCUT2D eigenvalue weighted by atomic mass is 16.3. The number of piperidine rings is 1. The van der Waals surface area contributed by atoms with E-state index in [-0.39, 0.29) is 17.9 Å². The van der Waals surface area contributed by atoms with Crippen molar-refractivity contribution in [3.05, 3.63) is 48.4 Å². The summed E-state index contributed by atoms with van der Waals surface area (Å²) in [4.78, 5) is 16.2. The first-order valence-corrected chi connectivity index (χ1v) is 14.1. The number of anilines is 3. The van der Waals surface area contributed by atoms with Gasteiger partial charge in [-0.15, -0.1) is 10.2 Å². The number of benzene rings is 1. The highest BCUT2D eigenvalue weighted by molar-refractivity contribution is 5.74. The van der Waals surface area contributed by atoms with Crippen LogP contribution in [0.1, 0.15) is 44.9 Å². The maximum absolute atomic E-state index is 10.3. The molecular weight excluding hydrogens is 504 g/mol. The number of para-hydroxylation sites is 1. The lowest BCUT2D eigenvalue weighted by Gasteiger charge is -2.35. The molecule has 3 fully saturated rings. The number of fused-ring (bicyclic) bond motifs is 2. The molecule has 2 bridgehead atoms. The van der Waals surface area contributed by atoms with Gasteiger partial charge < -0.3 is 25.7 Å². The zero-order valence-corrected chi connectivity index (χ0v) is 22.8. The third kappa shape index (κ3) is 5.40. The Morgan fingerprint density at radius 3 is 2.62 bits per heavy atom. The number of aromatic nitrogens is 4. The summed E-state index contributed by atoms with van der Waals surface area (Å²) in [6.07, 6.45) is 6.52. The summed E-state index contributed by atoms with van der Waals surface area (Å²) in [5.41, 5.74) is 8.30. The Morgan fingerprint density at radius 2 is 1.82 bits per heavy atom. The number of nitrogen functional groups attached to an aromatic ring is 1. The van der Waals surface area contributed by atoms with E-state index in [0.717, 1.165) is 63.2 Å². The number of hydrogen-bond acceptors (Lipinski definition) is 10. The fourth-order valence-corrected chi connectivity index (χ4v) is 6.39. The smallest absolute Gasteiger partial charge is 0.206 e. The summed E-state index contributed by atoms with van der Waals surface area (Å²) in [6.45, 7) is 5.18. The highest BCUT2D eigenvalue weighted by Gasteiger charge is 2.39. The molecule has 2 unspecified atom stereocenters. The van der Waals surface area contributed by atoms with Crippen LogP contribution in [0.5, 0.6) is 5.75 Å². The number of aromatic hydroxyl groups is 1. The van der Waals surface area contributed by atoms with Crippen LogP contribution in [-0.2, 0) is 0 Å². The van der Waals surface area contributed by atoms with Crippen molar-refractivity contribution in [1.82, 2.24) is 25.1 Å². The first-order chi connectivity index (χ1) is 19.5. The Hall–Kier alpha value is -3.94. The van der Waals surface area contributed by atoms with Crippen LogP contribution in [0.2, 0.25) is 0 Å². The molecule has 6 rings (SSSR count). The van der Waals surface area contributed by atoms with Gasteiger partial charge in [-0.2, -0.15) is 0 Å². The van der Waals surface area contributed by atoms with Crippen LogP contribution in [0.4, 0.5) is 17.3 Å². The molecule has 40 heavy (non-hydrogen) atoms.